The van der Waals surface area contributed by atoms with E-state index in [1.807, 2.05) is 13.8 Å². The number of rotatable bonds is 4. The maximum atomic E-state index is 12.5. The standard InChI is InChI=1S/C12H20N2O3S2/c1-10-9-12(18-11(10)2)19(16,17)14-5-3-13(4-6-14)7-8-15/h9,15H,3-8H2,1-2H3. The van der Waals surface area contributed by atoms with Gasteiger partial charge in [-0.25, -0.2) is 8.42 Å². The number of aryl methyl sites for hydroxylation is 2. The normalized spacial score (nSPS) is 18.9. The summed E-state index contributed by atoms with van der Waals surface area (Å²) in [6.07, 6.45) is 0. The second kappa shape index (κ2) is 5.88. The highest BCUT2D eigenvalue weighted by Gasteiger charge is 2.29. The van der Waals surface area contributed by atoms with Gasteiger partial charge < -0.3 is 5.11 Å². The third-order valence-electron chi connectivity index (χ3n) is 3.49. The summed E-state index contributed by atoms with van der Waals surface area (Å²) in [7, 11) is -3.34. The molecule has 0 amide bonds. The molecule has 2 rings (SSSR count). The van der Waals surface area contributed by atoms with E-state index >= 15 is 0 Å². The number of nitrogens with zero attached hydrogens (tertiary/aromatic N) is 2. The van der Waals surface area contributed by atoms with E-state index in [1.54, 1.807) is 10.4 Å². The van der Waals surface area contributed by atoms with Gasteiger partial charge >= 0.3 is 0 Å². The van der Waals surface area contributed by atoms with Gasteiger partial charge in [-0.2, -0.15) is 4.31 Å². The van der Waals surface area contributed by atoms with Gasteiger partial charge in [-0.15, -0.1) is 11.3 Å². The highest BCUT2D eigenvalue weighted by molar-refractivity contribution is 7.91. The van der Waals surface area contributed by atoms with Crippen molar-refractivity contribution in [1.29, 1.82) is 0 Å². The van der Waals surface area contributed by atoms with Crippen molar-refractivity contribution < 1.29 is 13.5 Å². The summed E-state index contributed by atoms with van der Waals surface area (Å²) < 4.78 is 27.0. The summed E-state index contributed by atoms with van der Waals surface area (Å²) in [6, 6.07) is 1.76. The molecule has 0 spiro atoms. The Morgan fingerprint density at radius 1 is 1.26 bits per heavy atom. The van der Waals surface area contributed by atoms with Crippen LogP contribution in [0.2, 0.25) is 0 Å². The molecular weight excluding hydrogens is 284 g/mol. The minimum atomic E-state index is -3.34. The summed E-state index contributed by atoms with van der Waals surface area (Å²) in [5.41, 5.74) is 1.03. The zero-order valence-corrected chi connectivity index (χ0v) is 12.9. The monoisotopic (exact) mass is 304 g/mol. The first-order chi connectivity index (χ1) is 8.95. The van der Waals surface area contributed by atoms with Crippen LogP contribution >= 0.6 is 11.3 Å². The second-order valence-electron chi connectivity index (χ2n) is 4.77. The molecule has 0 unspecified atom stereocenters. The molecule has 19 heavy (non-hydrogen) atoms. The highest BCUT2D eigenvalue weighted by atomic mass is 32.2. The lowest BCUT2D eigenvalue weighted by atomic mass is 10.3. The fourth-order valence-corrected chi connectivity index (χ4v) is 5.22. The summed E-state index contributed by atoms with van der Waals surface area (Å²) in [4.78, 5) is 3.13. The molecule has 0 aromatic carbocycles. The van der Waals surface area contributed by atoms with Crippen molar-refractivity contribution in [2.45, 2.75) is 18.1 Å². The molecule has 0 aliphatic carbocycles. The van der Waals surface area contributed by atoms with Crippen LogP contribution in [0.3, 0.4) is 0 Å². The topological polar surface area (TPSA) is 60.9 Å². The third-order valence-corrected chi connectivity index (χ3v) is 6.99. The zero-order chi connectivity index (χ0) is 14.0. The zero-order valence-electron chi connectivity index (χ0n) is 11.3. The van der Waals surface area contributed by atoms with E-state index in [0.717, 1.165) is 10.4 Å². The van der Waals surface area contributed by atoms with Crippen LogP contribution in [0.25, 0.3) is 0 Å². The molecule has 2 heterocycles. The van der Waals surface area contributed by atoms with Gasteiger partial charge in [0.1, 0.15) is 4.21 Å². The van der Waals surface area contributed by atoms with Gasteiger partial charge in [-0.3, -0.25) is 4.90 Å². The van der Waals surface area contributed by atoms with Crippen molar-refractivity contribution in [2.24, 2.45) is 0 Å². The molecule has 7 heteroatoms. The third kappa shape index (κ3) is 3.17. The van der Waals surface area contributed by atoms with Gasteiger partial charge in [0.05, 0.1) is 6.61 Å². The molecule has 1 aliphatic heterocycles. The molecule has 0 radical (unpaired) electrons. The minimum Gasteiger partial charge on any atom is -0.395 e. The van der Waals surface area contributed by atoms with E-state index in [0.29, 0.717) is 36.9 Å². The quantitative estimate of drug-likeness (QED) is 0.888. The predicted octanol–water partition coefficient (Wildman–Crippen LogP) is 0.664. The number of aliphatic hydroxyl groups is 1. The van der Waals surface area contributed by atoms with Gasteiger partial charge in [0, 0.05) is 37.6 Å². The molecule has 1 aliphatic rings. The molecule has 1 aromatic rings. The largest absolute Gasteiger partial charge is 0.395 e. The van der Waals surface area contributed by atoms with Crippen molar-refractivity contribution in [2.75, 3.05) is 39.3 Å². The van der Waals surface area contributed by atoms with Crippen LogP contribution in [-0.2, 0) is 10.0 Å². The maximum absolute atomic E-state index is 12.5. The Balaban J connectivity index is 2.09. The molecule has 1 aromatic heterocycles. The lowest BCUT2D eigenvalue weighted by Gasteiger charge is -2.33. The summed E-state index contributed by atoms with van der Waals surface area (Å²) in [5.74, 6) is 0. The van der Waals surface area contributed by atoms with E-state index in [4.69, 9.17) is 5.11 Å². The van der Waals surface area contributed by atoms with Crippen LogP contribution in [-0.4, -0.2) is 62.1 Å². The Labute approximate surface area is 118 Å². The molecular formula is C12H20N2O3S2. The lowest BCUT2D eigenvalue weighted by Crippen LogP contribution is -2.49. The Kier molecular flexibility index (Phi) is 4.62. The van der Waals surface area contributed by atoms with Gasteiger partial charge in [0.2, 0.25) is 0 Å². The molecule has 1 fully saturated rings. The highest BCUT2D eigenvalue weighted by Crippen LogP contribution is 2.28. The number of aliphatic hydroxyl groups excluding tert-OH is 1. The van der Waals surface area contributed by atoms with E-state index in [-0.39, 0.29) is 6.61 Å². The van der Waals surface area contributed by atoms with Crippen molar-refractivity contribution in [1.82, 2.24) is 9.21 Å². The molecule has 5 nitrogen and oxygen atoms in total. The summed E-state index contributed by atoms with van der Waals surface area (Å²) in [5, 5.41) is 8.88. The van der Waals surface area contributed by atoms with Crippen LogP contribution in [0.4, 0.5) is 0 Å². The van der Waals surface area contributed by atoms with E-state index in [2.05, 4.69) is 4.90 Å². The van der Waals surface area contributed by atoms with Crippen LogP contribution in [0, 0.1) is 13.8 Å². The fourth-order valence-electron chi connectivity index (χ4n) is 2.13. The second-order valence-corrected chi connectivity index (χ2v) is 8.20. The van der Waals surface area contributed by atoms with Gasteiger partial charge in [0.15, 0.2) is 0 Å². The number of sulfonamides is 1. The average molecular weight is 304 g/mol. The number of β-amino-alcohol motifs (C(OH)–C–C–N with tert-alkyl or cyclic N) is 1. The molecule has 108 valence electrons. The minimum absolute atomic E-state index is 0.121. The Morgan fingerprint density at radius 2 is 1.89 bits per heavy atom. The fraction of sp³-hybridized carbons (Fsp3) is 0.667. The number of thiophene rings is 1. The predicted molar refractivity (Wildman–Crippen MR) is 76.1 cm³/mol. The van der Waals surface area contributed by atoms with E-state index in [1.165, 1.54) is 11.3 Å². The van der Waals surface area contributed by atoms with Crippen LogP contribution in [0.5, 0.6) is 0 Å². The SMILES string of the molecule is Cc1cc(S(=O)(=O)N2CCN(CCO)CC2)sc1C. The van der Waals surface area contributed by atoms with E-state index < -0.39 is 10.0 Å². The van der Waals surface area contributed by atoms with Crippen molar-refractivity contribution in [3.05, 3.63) is 16.5 Å². The molecule has 1 N–H and O–H groups in total. The Morgan fingerprint density at radius 3 is 2.37 bits per heavy atom. The Hall–Kier alpha value is -0.470. The molecule has 0 saturated carbocycles. The average Bonchev–Trinajstić information content (AvgIpc) is 2.71. The van der Waals surface area contributed by atoms with Gasteiger partial charge in [-0.05, 0) is 25.5 Å². The molecule has 0 atom stereocenters. The first kappa shape index (κ1) is 14.9. The Bertz CT molecular complexity index is 512. The van der Waals surface area contributed by atoms with E-state index in [9.17, 15) is 8.42 Å². The number of hydrogen-bond donors (Lipinski definition) is 1. The number of piperazine rings is 1. The molecule has 0 bridgehead atoms. The van der Waals surface area contributed by atoms with Crippen LogP contribution < -0.4 is 0 Å². The molecule has 1 saturated heterocycles. The van der Waals surface area contributed by atoms with Crippen LogP contribution in [0.1, 0.15) is 10.4 Å². The summed E-state index contributed by atoms with van der Waals surface area (Å²) in [6.45, 7) is 6.98. The smallest absolute Gasteiger partial charge is 0.252 e. The first-order valence-corrected chi connectivity index (χ1v) is 8.61. The first-order valence-electron chi connectivity index (χ1n) is 6.35. The lowest BCUT2D eigenvalue weighted by molar-refractivity contribution is 0.151. The van der Waals surface area contributed by atoms with Crippen LogP contribution in [0.15, 0.2) is 10.3 Å². The van der Waals surface area contributed by atoms with Gasteiger partial charge in [-0.1, -0.05) is 0 Å². The maximum Gasteiger partial charge on any atom is 0.252 e. The van der Waals surface area contributed by atoms with Crippen molar-refractivity contribution in [3.8, 4) is 0 Å². The number of hydrogen-bond acceptors (Lipinski definition) is 5. The van der Waals surface area contributed by atoms with Crippen molar-refractivity contribution in [3.63, 3.8) is 0 Å². The van der Waals surface area contributed by atoms with Crippen molar-refractivity contribution >= 4 is 21.4 Å². The summed E-state index contributed by atoms with van der Waals surface area (Å²) >= 11 is 1.34. The van der Waals surface area contributed by atoms with Gasteiger partial charge in [0.25, 0.3) is 10.0 Å².